The van der Waals surface area contributed by atoms with Crippen LogP contribution >= 0.6 is 0 Å². The number of anilines is 3. The van der Waals surface area contributed by atoms with Crippen LogP contribution in [0.2, 0.25) is 0 Å². The van der Waals surface area contributed by atoms with E-state index in [2.05, 4.69) is 32.3 Å². The van der Waals surface area contributed by atoms with Crippen LogP contribution in [-0.2, 0) is 0 Å². The number of nitrogens with two attached hydrogens (primary N) is 1. The summed E-state index contributed by atoms with van der Waals surface area (Å²) in [5.74, 6) is 1.76. The Bertz CT molecular complexity index is 1230. The maximum Gasteiger partial charge on any atom is 0.228 e. The van der Waals surface area contributed by atoms with Gasteiger partial charge in [0, 0.05) is 30.9 Å². The molecule has 166 valence electrons. The fourth-order valence-electron chi connectivity index (χ4n) is 4.08. The summed E-state index contributed by atoms with van der Waals surface area (Å²) in [5.41, 5.74) is 10.0. The molecular weight excluding hydrogens is 414 g/mol. The summed E-state index contributed by atoms with van der Waals surface area (Å²) >= 11 is 0. The lowest BCUT2D eigenvalue weighted by Gasteiger charge is -2.34. The molecule has 3 N–H and O–H groups in total. The fourth-order valence-corrected chi connectivity index (χ4v) is 4.08. The number of nitriles is 2. The van der Waals surface area contributed by atoms with E-state index in [1.165, 1.54) is 0 Å². The van der Waals surface area contributed by atoms with E-state index >= 15 is 0 Å². The highest BCUT2D eigenvalue weighted by atomic mass is 16.5. The molecule has 2 aromatic carbocycles. The molecule has 0 spiro atoms. The molecule has 0 bridgehead atoms. The second-order valence-corrected chi connectivity index (χ2v) is 8.18. The number of nitrogens with zero attached hydrogens (tertiary/aromatic N) is 5. The predicted molar refractivity (Wildman–Crippen MR) is 127 cm³/mol. The molecule has 1 fully saturated rings. The lowest BCUT2D eigenvalue weighted by atomic mass is 10.0. The number of nitrogens with one attached hydrogen (secondary N) is 1. The van der Waals surface area contributed by atoms with E-state index < -0.39 is 0 Å². The topological polar surface area (TPSA) is 124 Å². The predicted octanol–water partition coefficient (Wildman–Crippen LogP) is 4.29. The van der Waals surface area contributed by atoms with Crippen molar-refractivity contribution in [2.24, 2.45) is 0 Å². The standard InChI is InChI=1S/C25H25N7O/c1-16-10-19(15-27)11-17(2)24(16)33-23-13-22(28)30-25(31-23)29-20-6-8-32(9-7-20)21-5-3-4-18(12-21)14-26/h3-5,10-13,20H,6-9H2,1-2H3,(H3,28,29,30,31). The van der Waals surface area contributed by atoms with Gasteiger partial charge in [0.1, 0.15) is 11.6 Å². The van der Waals surface area contributed by atoms with Gasteiger partial charge in [0.15, 0.2) is 0 Å². The zero-order valence-corrected chi connectivity index (χ0v) is 18.7. The first-order chi connectivity index (χ1) is 15.9. The maximum absolute atomic E-state index is 9.15. The summed E-state index contributed by atoms with van der Waals surface area (Å²) in [6.45, 7) is 5.52. The van der Waals surface area contributed by atoms with E-state index in [9.17, 15) is 0 Å². The molecule has 4 rings (SSSR count). The first kappa shape index (κ1) is 21.9. The zero-order chi connectivity index (χ0) is 23.4. The fraction of sp³-hybridized carbons (Fsp3) is 0.280. The molecule has 33 heavy (non-hydrogen) atoms. The van der Waals surface area contributed by atoms with Gasteiger partial charge in [-0.25, -0.2) is 0 Å². The van der Waals surface area contributed by atoms with Gasteiger partial charge in [0.05, 0.1) is 23.3 Å². The molecule has 1 aromatic heterocycles. The van der Waals surface area contributed by atoms with Crippen LogP contribution < -0.4 is 20.7 Å². The summed E-state index contributed by atoms with van der Waals surface area (Å²) in [5, 5.41) is 21.7. The summed E-state index contributed by atoms with van der Waals surface area (Å²) in [6.07, 6.45) is 1.80. The molecular formula is C25H25N7O. The number of aromatic nitrogens is 2. The van der Waals surface area contributed by atoms with E-state index in [4.69, 9.17) is 21.0 Å². The minimum atomic E-state index is 0.202. The average molecular weight is 440 g/mol. The van der Waals surface area contributed by atoms with Gasteiger partial charge in [-0.05, 0) is 68.1 Å². The van der Waals surface area contributed by atoms with Gasteiger partial charge in [-0.1, -0.05) is 6.07 Å². The van der Waals surface area contributed by atoms with Crippen molar-refractivity contribution in [3.8, 4) is 23.8 Å². The molecule has 0 saturated carbocycles. The van der Waals surface area contributed by atoms with Gasteiger partial charge in [-0.3, -0.25) is 0 Å². The van der Waals surface area contributed by atoms with Crippen molar-refractivity contribution in [2.75, 3.05) is 29.0 Å². The number of rotatable bonds is 5. The van der Waals surface area contributed by atoms with Crippen molar-refractivity contribution in [1.82, 2.24) is 9.97 Å². The SMILES string of the molecule is Cc1cc(C#N)cc(C)c1Oc1cc(N)nc(NC2CCN(c3cccc(C#N)c3)CC2)n1. The third-order valence-electron chi connectivity index (χ3n) is 5.69. The van der Waals surface area contributed by atoms with Crippen LogP contribution in [0.4, 0.5) is 17.5 Å². The number of benzene rings is 2. The first-order valence-corrected chi connectivity index (χ1v) is 10.8. The second kappa shape index (κ2) is 9.46. The molecule has 0 aliphatic carbocycles. The molecule has 0 amide bonds. The average Bonchev–Trinajstić information content (AvgIpc) is 2.81. The molecule has 1 aliphatic heterocycles. The van der Waals surface area contributed by atoms with Crippen molar-refractivity contribution in [1.29, 1.82) is 10.5 Å². The summed E-state index contributed by atoms with van der Waals surface area (Å²) in [7, 11) is 0. The third kappa shape index (κ3) is 5.13. The molecule has 8 nitrogen and oxygen atoms in total. The van der Waals surface area contributed by atoms with E-state index in [1.807, 2.05) is 38.1 Å². The highest BCUT2D eigenvalue weighted by molar-refractivity contribution is 5.52. The summed E-state index contributed by atoms with van der Waals surface area (Å²) in [4.78, 5) is 11.1. The Balaban J connectivity index is 1.43. The molecule has 8 heteroatoms. The van der Waals surface area contributed by atoms with Crippen LogP contribution in [0.25, 0.3) is 0 Å². The molecule has 1 saturated heterocycles. The van der Waals surface area contributed by atoms with E-state index in [0.29, 0.717) is 34.5 Å². The Morgan fingerprint density at radius 1 is 1.00 bits per heavy atom. The van der Waals surface area contributed by atoms with Crippen molar-refractivity contribution in [3.63, 3.8) is 0 Å². The van der Waals surface area contributed by atoms with Crippen LogP contribution in [0.15, 0.2) is 42.5 Å². The number of aryl methyl sites for hydroxylation is 2. The molecule has 2 heterocycles. The second-order valence-electron chi connectivity index (χ2n) is 8.18. The van der Waals surface area contributed by atoms with Crippen LogP contribution in [0.3, 0.4) is 0 Å². The van der Waals surface area contributed by atoms with Gasteiger partial charge in [0.25, 0.3) is 0 Å². The molecule has 3 aromatic rings. The largest absolute Gasteiger partial charge is 0.438 e. The quantitative estimate of drug-likeness (QED) is 0.603. The lowest BCUT2D eigenvalue weighted by molar-refractivity contribution is 0.454. The van der Waals surface area contributed by atoms with E-state index in [-0.39, 0.29) is 6.04 Å². The van der Waals surface area contributed by atoms with Crippen molar-refractivity contribution in [3.05, 3.63) is 64.7 Å². The molecule has 0 atom stereocenters. The number of ether oxygens (including phenoxy) is 1. The van der Waals surface area contributed by atoms with Crippen LogP contribution in [0.5, 0.6) is 11.6 Å². The maximum atomic E-state index is 9.15. The zero-order valence-electron chi connectivity index (χ0n) is 18.7. The van der Waals surface area contributed by atoms with Crippen LogP contribution in [0.1, 0.15) is 35.1 Å². The number of hydrogen-bond acceptors (Lipinski definition) is 8. The molecule has 0 unspecified atom stereocenters. The van der Waals surface area contributed by atoms with Crippen molar-refractivity contribution < 1.29 is 4.74 Å². The number of hydrogen-bond donors (Lipinski definition) is 2. The minimum Gasteiger partial charge on any atom is -0.438 e. The Hall–Kier alpha value is -4.30. The normalized spacial score (nSPS) is 13.8. The Labute approximate surface area is 193 Å². The van der Waals surface area contributed by atoms with Gasteiger partial charge in [0.2, 0.25) is 11.8 Å². The monoisotopic (exact) mass is 439 g/mol. The third-order valence-corrected chi connectivity index (χ3v) is 5.69. The number of nitrogen functional groups attached to an aromatic ring is 1. The summed E-state index contributed by atoms with van der Waals surface area (Å²) in [6, 6.07) is 17.4. The van der Waals surface area contributed by atoms with Gasteiger partial charge in [-0.15, -0.1) is 0 Å². The number of piperidine rings is 1. The van der Waals surface area contributed by atoms with Crippen molar-refractivity contribution >= 4 is 17.5 Å². The minimum absolute atomic E-state index is 0.202. The lowest BCUT2D eigenvalue weighted by Crippen LogP contribution is -2.39. The molecule has 1 aliphatic rings. The van der Waals surface area contributed by atoms with Gasteiger partial charge < -0.3 is 20.7 Å². The van der Waals surface area contributed by atoms with Crippen LogP contribution in [-0.4, -0.2) is 29.1 Å². The summed E-state index contributed by atoms with van der Waals surface area (Å²) < 4.78 is 6.03. The highest BCUT2D eigenvalue weighted by Gasteiger charge is 2.21. The Kier molecular flexibility index (Phi) is 6.28. The highest BCUT2D eigenvalue weighted by Crippen LogP contribution is 2.30. The van der Waals surface area contributed by atoms with Crippen LogP contribution in [0, 0.1) is 36.5 Å². The first-order valence-electron chi connectivity index (χ1n) is 10.8. The molecule has 0 radical (unpaired) electrons. The van der Waals surface area contributed by atoms with Crippen molar-refractivity contribution in [2.45, 2.75) is 32.7 Å². The Morgan fingerprint density at radius 3 is 2.36 bits per heavy atom. The van der Waals surface area contributed by atoms with Gasteiger partial charge in [-0.2, -0.15) is 20.5 Å². The smallest absolute Gasteiger partial charge is 0.228 e. The Morgan fingerprint density at radius 2 is 1.70 bits per heavy atom. The van der Waals surface area contributed by atoms with E-state index in [1.54, 1.807) is 18.2 Å². The van der Waals surface area contributed by atoms with Gasteiger partial charge >= 0.3 is 0 Å². The van der Waals surface area contributed by atoms with E-state index in [0.717, 1.165) is 42.7 Å².